The van der Waals surface area contributed by atoms with Gasteiger partial charge in [-0.15, -0.1) is 12.4 Å². The van der Waals surface area contributed by atoms with Gasteiger partial charge in [-0.25, -0.2) is 4.39 Å². The van der Waals surface area contributed by atoms with Gasteiger partial charge in [0.15, 0.2) is 0 Å². The predicted molar refractivity (Wildman–Crippen MR) is 89.7 cm³/mol. The lowest BCUT2D eigenvalue weighted by atomic mass is 10.1. The molecule has 1 aromatic rings. The number of hydrogen-bond acceptors (Lipinski definition) is 3. The average Bonchev–Trinajstić information content (AvgIpc) is 2.51. The van der Waals surface area contributed by atoms with Crippen LogP contribution in [0.25, 0.3) is 0 Å². The Morgan fingerprint density at radius 3 is 2.52 bits per heavy atom. The zero-order valence-corrected chi connectivity index (χ0v) is 14.8. The lowest BCUT2D eigenvalue weighted by Gasteiger charge is -2.35. The number of halogens is 6. The number of nitrogens with one attached hydrogen (secondary N) is 2. The van der Waals surface area contributed by atoms with Crippen LogP contribution in [0.3, 0.4) is 0 Å². The molecule has 1 unspecified atom stereocenters. The van der Waals surface area contributed by atoms with Crippen molar-refractivity contribution in [2.45, 2.75) is 18.6 Å². The molecule has 1 atom stereocenters. The Hall–Kier alpha value is -1.09. The van der Waals surface area contributed by atoms with E-state index in [0.29, 0.717) is 13.1 Å². The summed E-state index contributed by atoms with van der Waals surface area (Å²) in [5, 5.41) is 5.29. The van der Waals surface area contributed by atoms with Crippen molar-refractivity contribution in [3.05, 3.63) is 34.6 Å². The number of carbonyl (C=O) groups is 1. The van der Waals surface area contributed by atoms with E-state index in [0.717, 1.165) is 6.07 Å². The summed E-state index contributed by atoms with van der Waals surface area (Å²) in [4.78, 5) is 13.2. The molecule has 1 amide bonds. The first-order valence-electron chi connectivity index (χ1n) is 7.50. The lowest BCUT2D eigenvalue weighted by molar-refractivity contribution is -0.184. The maximum absolute atomic E-state index is 13.6. The van der Waals surface area contributed by atoms with Gasteiger partial charge in [-0.2, -0.15) is 13.2 Å². The van der Waals surface area contributed by atoms with E-state index < -0.39 is 36.9 Å². The van der Waals surface area contributed by atoms with Crippen LogP contribution in [0.15, 0.2) is 18.2 Å². The minimum atomic E-state index is -4.46. The molecule has 0 saturated carbocycles. The molecular weight excluding hydrogens is 385 g/mol. The molecule has 4 nitrogen and oxygen atoms in total. The van der Waals surface area contributed by atoms with Crippen LogP contribution < -0.4 is 10.6 Å². The molecule has 1 heterocycles. The van der Waals surface area contributed by atoms with Crippen LogP contribution in [-0.2, 0) is 11.2 Å². The number of alkyl halides is 3. The van der Waals surface area contributed by atoms with Crippen molar-refractivity contribution < 1.29 is 22.4 Å². The first kappa shape index (κ1) is 22.0. The van der Waals surface area contributed by atoms with Crippen LogP contribution in [0, 0.1) is 5.82 Å². The van der Waals surface area contributed by atoms with Crippen molar-refractivity contribution in [3.8, 4) is 0 Å². The van der Waals surface area contributed by atoms with E-state index in [-0.39, 0.29) is 36.1 Å². The summed E-state index contributed by atoms with van der Waals surface area (Å²) in [6.45, 7) is 0.851. The van der Waals surface area contributed by atoms with Gasteiger partial charge >= 0.3 is 6.18 Å². The van der Waals surface area contributed by atoms with E-state index in [1.165, 1.54) is 17.0 Å². The minimum absolute atomic E-state index is 0. The minimum Gasteiger partial charge on any atom is -0.354 e. The first-order valence-corrected chi connectivity index (χ1v) is 7.88. The van der Waals surface area contributed by atoms with E-state index >= 15 is 0 Å². The SMILES string of the molecule is Cl.O=C(Cc1c(F)cccc1Cl)NCC(N1CCNCC1)C(F)(F)F. The lowest BCUT2D eigenvalue weighted by Crippen LogP contribution is -2.57. The Kier molecular flexibility index (Phi) is 8.40. The summed E-state index contributed by atoms with van der Waals surface area (Å²) in [6.07, 6.45) is -4.86. The van der Waals surface area contributed by atoms with Crippen LogP contribution in [0.2, 0.25) is 5.02 Å². The van der Waals surface area contributed by atoms with Crippen molar-refractivity contribution in [3.63, 3.8) is 0 Å². The summed E-state index contributed by atoms with van der Waals surface area (Å²) < 4.78 is 53.3. The highest BCUT2D eigenvalue weighted by Gasteiger charge is 2.43. The highest BCUT2D eigenvalue weighted by Crippen LogP contribution is 2.25. The van der Waals surface area contributed by atoms with Crippen LogP contribution in [0.1, 0.15) is 5.56 Å². The molecule has 0 bridgehead atoms. The number of benzene rings is 1. The molecule has 10 heteroatoms. The summed E-state index contributed by atoms with van der Waals surface area (Å²) in [5.74, 6) is -1.36. The third-order valence-electron chi connectivity index (χ3n) is 3.86. The van der Waals surface area contributed by atoms with Crippen molar-refractivity contribution in [2.24, 2.45) is 0 Å². The fraction of sp³-hybridized carbons (Fsp3) is 0.533. The highest BCUT2D eigenvalue weighted by atomic mass is 35.5. The van der Waals surface area contributed by atoms with Crippen LogP contribution in [0.5, 0.6) is 0 Å². The topological polar surface area (TPSA) is 44.4 Å². The van der Waals surface area contributed by atoms with Crippen molar-refractivity contribution in [1.82, 2.24) is 15.5 Å². The Labute approximate surface area is 154 Å². The molecule has 0 spiro atoms. The summed E-state index contributed by atoms with van der Waals surface area (Å²) >= 11 is 5.82. The maximum atomic E-state index is 13.6. The molecule has 2 rings (SSSR count). The van der Waals surface area contributed by atoms with E-state index in [1.54, 1.807) is 0 Å². The monoisotopic (exact) mass is 403 g/mol. The quantitative estimate of drug-likeness (QED) is 0.741. The second kappa shape index (κ2) is 9.56. The van der Waals surface area contributed by atoms with Gasteiger partial charge in [-0.1, -0.05) is 17.7 Å². The number of carbonyl (C=O) groups excluding carboxylic acids is 1. The van der Waals surface area contributed by atoms with E-state index in [1.807, 2.05) is 0 Å². The number of hydrogen-bond donors (Lipinski definition) is 2. The fourth-order valence-electron chi connectivity index (χ4n) is 2.58. The Balaban J connectivity index is 0.00000312. The van der Waals surface area contributed by atoms with Crippen molar-refractivity contribution in [1.29, 1.82) is 0 Å². The maximum Gasteiger partial charge on any atom is 0.405 e. The summed E-state index contributed by atoms with van der Waals surface area (Å²) in [5.41, 5.74) is -0.0256. The van der Waals surface area contributed by atoms with Gasteiger partial charge in [-0.05, 0) is 12.1 Å². The Morgan fingerprint density at radius 1 is 1.32 bits per heavy atom. The molecule has 0 radical (unpaired) electrons. The molecule has 1 aromatic carbocycles. The summed E-state index contributed by atoms with van der Waals surface area (Å²) in [7, 11) is 0. The molecule has 1 aliphatic rings. The largest absolute Gasteiger partial charge is 0.405 e. The normalized spacial score (nSPS) is 16.8. The van der Waals surface area contributed by atoms with Gasteiger partial charge in [0.2, 0.25) is 5.91 Å². The standard InChI is InChI=1S/C15H18ClF4N3O.ClH/c16-11-2-1-3-12(17)10(11)8-14(24)22-9-13(15(18,19)20)23-6-4-21-5-7-23;/h1-3,13,21H,4-9H2,(H,22,24);1H. The molecule has 0 aliphatic carbocycles. The van der Waals surface area contributed by atoms with Gasteiger partial charge in [0, 0.05) is 43.3 Å². The molecular formula is C15H19Cl2F4N3O. The molecule has 0 aromatic heterocycles. The van der Waals surface area contributed by atoms with Gasteiger partial charge in [0.05, 0.1) is 6.42 Å². The van der Waals surface area contributed by atoms with Gasteiger partial charge in [0.1, 0.15) is 11.9 Å². The average molecular weight is 404 g/mol. The Bertz CT molecular complexity index is 560. The van der Waals surface area contributed by atoms with Crippen LogP contribution in [0.4, 0.5) is 17.6 Å². The Morgan fingerprint density at radius 2 is 1.96 bits per heavy atom. The zero-order chi connectivity index (χ0) is 17.7. The smallest absolute Gasteiger partial charge is 0.354 e. The number of nitrogens with zero attached hydrogens (tertiary/aromatic N) is 1. The molecule has 1 fully saturated rings. The van der Waals surface area contributed by atoms with Gasteiger partial charge in [0.25, 0.3) is 0 Å². The summed E-state index contributed by atoms with van der Waals surface area (Å²) in [6, 6.07) is 2.20. The van der Waals surface area contributed by atoms with E-state index in [9.17, 15) is 22.4 Å². The molecule has 142 valence electrons. The molecule has 1 saturated heterocycles. The molecule has 25 heavy (non-hydrogen) atoms. The van der Waals surface area contributed by atoms with E-state index in [2.05, 4.69) is 10.6 Å². The van der Waals surface area contributed by atoms with Gasteiger partial charge < -0.3 is 10.6 Å². The fourth-order valence-corrected chi connectivity index (χ4v) is 2.81. The number of piperazine rings is 1. The second-order valence-electron chi connectivity index (χ2n) is 5.52. The van der Waals surface area contributed by atoms with Crippen molar-refractivity contribution in [2.75, 3.05) is 32.7 Å². The third-order valence-corrected chi connectivity index (χ3v) is 4.22. The third kappa shape index (κ3) is 6.29. The van der Waals surface area contributed by atoms with Crippen molar-refractivity contribution >= 4 is 29.9 Å². The number of amides is 1. The molecule has 1 aliphatic heterocycles. The van der Waals surface area contributed by atoms with Gasteiger partial charge in [-0.3, -0.25) is 9.69 Å². The predicted octanol–water partition coefficient (Wildman–Crippen LogP) is 2.40. The first-order chi connectivity index (χ1) is 11.3. The highest BCUT2D eigenvalue weighted by molar-refractivity contribution is 6.31. The zero-order valence-electron chi connectivity index (χ0n) is 13.2. The second-order valence-corrected chi connectivity index (χ2v) is 5.93. The van der Waals surface area contributed by atoms with E-state index in [4.69, 9.17) is 11.6 Å². The van der Waals surface area contributed by atoms with Crippen LogP contribution >= 0.6 is 24.0 Å². The molecule has 2 N–H and O–H groups in total. The van der Waals surface area contributed by atoms with Crippen LogP contribution in [-0.4, -0.2) is 55.7 Å². The number of rotatable bonds is 5.